The molecule has 2 heterocycles. The van der Waals surface area contributed by atoms with Gasteiger partial charge in [0.05, 0.1) is 10.2 Å². The second-order valence-corrected chi connectivity index (χ2v) is 5.58. The maximum atomic E-state index is 4.45. The zero-order valence-corrected chi connectivity index (χ0v) is 12.3. The summed E-state index contributed by atoms with van der Waals surface area (Å²) in [5, 5.41) is 2.19. The van der Waals surface area contributed by atoms with Crippen molar-refractivity contribution in [1.82, 2.24) is 9.97 Å². The monoisotopic (exact) mass is 273 g/mol. The first-order chi connectivity index (χ1) is 9.19. The van der Waals surface area contributed by atoms with Gasteiger partial charge in [-0.2, -0.15) is 0 Å². The van der Waals surface area contributed by atoms with Crippen LogP contribution in [0.5, 0.6) is 0 Å². The molecule has 0 N–H and O–H groups in total. The van der Waals surface area contributed by atoms with Crippen molar-refractivity contribution < 1.29 is 0 Å². The van der Waals surface area contributed by atoms with Gasteiger partial charge in [-0.1, -0.05) is 26.0 Å². The van der Waals surface area contributed by atoms with Crippen LogP contribution in [-0.4, -0.2) is 23.1 Å². The Labute approximate surface area is 118 Å². The van der Waals surface area contributed by atoms with Crippen LogP contribution in [0.1, 0.15) is 25.3 Å². The van der Waals surface area contributed by atoms with Crippen molar-refractivity contribution in [1.29, 1.82) is 0 Å². The van der Waals surface area contributed by atoms with Gasteiger partial charge in [0.2, 0.25) is 0 Å². The van der Waals surface area contributed by atoms with Crippen molar-refractivity contribution in [2.75, 3.05) is 18.0 Å². The third-order valence-corrected chi connectivity index (χ3v) is 3.97. The van der Waals surface area contributed by atoms with Crippen LogP contribution in [-0.2, 0) is 0 Å². The summed E-state index contributed by atoms with van der Waals surface area (Å²) in [6.07, 6.45) is 5.41. The molecule has 0 amide bonds. The summed E-state index contributed by atoms with van der Waals surface area (Å²) in [5.41, 5.74) is 2.36. The number of fused-ring (bicyclic) bond motifs is 1. The summed E-state index contributed by atoms with van der Waals surface area (Å²) in [6, 6.07) is 0. The number of nitrogens with zero attached hydrogens (tertiary/aromatic N) is 3. The van der Waals surface area contributed by atoms with Crippen LogP contribution in [0.15, 0.2) is 37.0 Å². The predicted octanol–water partition coefficient (Wildman–Crippen LogP) is 3.99. The Morgan fingerprint density at radius 3 is 2.53 bits per heavy atom. The second-order valence-electron chi connectivity index (χ2n) is 4.70. The lowest BCUT2D eigenvalue weighted by Gasteiger charge is -2.20. The highest BCUT2D eigenvalue weighted by molar-refractivity contribution is 7.18. The topological polar surface area (TPSA) is 29.0 Å². The Morgan fingerprint density at radius 2 is 1.95 bits per heavy atom. The molecular weight excluding hydrogens is 254 g/mol. The van der Waals surface area contributed by atoms with Crippen molar-refractivity contribution in [3.8, 4) is 0 Å². The summed E-state index contributed by atoms with van der Waals surface area (Å²) in [5.74, 6) is 1.45. The molecule has 2 rings (SSSR count). The fourth-order valence-electron chi connectivity index (χ4n) is 2.05. The van der Waals surface area contributed by atoms with E-state index in [2.05, 4.69) is 47.3 Å². The highest BCUT2D eigenvalue weighted by Gasteiger charge is 2.15. The fraction of sp³-hybridized carbons (Fsp3) is 0.333. The van der Waals surface area contributed by atoms with Gasteiger partial charge in [0.15, 0.2) is 5.82 Å². The fourth-order valence-corrected chi connectivity index (χ4v) is 3.25. The Balaban J connectivity index is 2.53. The number of rotatable bonds is 6. The molecule has 0 aliphatic carbocycles. The average Bonchev–Trinajstić information content (AvgIpc) is 2.82. The first kappa shape index (κ1) is 13.7. The van der Waals surface area contributed by atoms with Gasteiger partial charge in [0.1, 0.15) is 6.33 Å². The van der Waals surface area contributed by atoms with E-state index in [4.69, 9.17) is 0 Å². The van der Waals surface area contributed by atoms with Gasteiger partial charge in [-0.3, -0.25) is 0 Å². The van der Waals surface area contributed by atoms with Crippen LogP contribution < -0.4 is 4.90 Å². The molecule has 0 spiro atoms. The summed E-state index contributed by atoms with van der Waals surface area (Å²) < 4.78 is 1.15. The number of hydrogen-bond donors (Lipinski definition) is 0. The Kier molecular flexibility index (Phi) is 4.32. The summed E-state index contributed by atoms with van der Waals surface area (Å²) in [4.78, 5) is 11.1. The minimum atomic E-state index is 0.476. The Morgan fingerprint density at radius 1 is 1.26 bits per heavy atom. The SMILES string of the molecule is C=CCN(CC=C)c1ncnc2c(C(C)C)csc12. The van der Waals surface area contributed by atoms with Crippen LogP contribution in [0.2, 0.25) is 0 Å². The molecule has 0 aromatic carbocycles. The van der Waals surface area contributed by atoms with Crippen molar-refractivity contribution in [3.63, 3.8) is 0 Å². The molecule has 0 unspecified atom stereocenters. The van der Waals surface area contributed by atoms with Crippen LogP contribution in [0.25, 0.3) is 10.2 Å². The molecular formula is C15H19N3S. The number of aromatic nitrogens is 2. The minimum Gasteiger partial charge on any atom is -0.348 e. The average molecular weight is 273 g/mol. The summed E-state index contributed by atoms with van der Waals surface area (Å²) >= 11 is 1.71. The molecule has 3 nitrogen and oxygen atoms in total. The van der Waals surface area contributed by atoms with Crippen molar-refractivity contribution in [3.05, 3.63) is 42.6 Å². The maximum Gasteiger partial charge on any atom is 0.150 e. The van der Waals surface area contributed by atoms with Crippen LogP contribution in [0, 0.1) is 0 Å². The van der Waals surface area contributed by atoms with Crippen LogP contribution in [0.3, 0.4) is 0 Å². The van der Waals surface area contributed by atoms with E-state index in [1.807, 2.05) is 12.2 Å². The van der Waals surface area contributed by atoms with E-state index in [1.165, 1.54) is 5.56 Å². The van der Waals surface area contributed by atoms with Gasteiger partial charge in [0.25, 0.3) is 0 Å². The summed E-state index contributed by atoms with van der Waals surface area (Å²) in [6.45, 7) is 13.5. The molecule has 2 aromatic rings. The smallest absolute Gasteiger partial charge is 0.150 e. The molecule has 19 heavy (non-hydrogen) atoms. The van der Waals surface area contributed by atoms with Gasteiger partial charge in [-0.05, 0) is 16.9 Å². The maximum absolute atomic E-state index is 4.45. The molecule has 2 aromatic heterocycles. The molecule has 0 saturated heterocycles. The van der Waals surface area contributed by atoms with E-state index < -0.39 is 0 Å². The summed E-state index contributed by atoms with van der Waals surface area (Å²) in [7, 11) is 0. The van der Waals surface area contributed by atoms with Gasteiger partial charge in [0, 0.05) is 13.1 Å². The van der Waals surface area contributed by atoms with E-state index >= 15 is 0 Å². The normalized spacial score (nSPS) is 10.9. The molecule has 4 heteroatoms. The molecule has 0 fully saturated rings. The molecule has 100 valence electrons. The third kappa shape index (κ3) is 2.68. The van der Waals surface area contributed by atoms with Gasteiger partial charge < -0.3 is 4.90 Å². The minimum absolute atomic E-state index is 0.476. The Bertz CT molecular complexity index is 576. The van der Waals surface area contributed by atoms with Gasteiger partial charge in [-0.25, -0.2) is 9.97 Å². The zero-order valence-electron chi connectivity index (χ0n) is 11.5. The van der Waals surface area contributed by atoms with Gasteiger partial charge in [-0.15, -0.1) is 24.5 Å². The lowest BCUT2D eigenvalue weighted by molar-refractivity contribution is 0.875. The third-order valence-electron chi connectivity index (χ3n) is 2.98. The molecule has 0 saturated carbocycles. The van der Waals surface area contributed by atoms with E-state index in [0.717, 1.165) is 29.1 Å². The molecule has 0 aliphatic heterocycles. The number of thiophene rings is 1. The van der Waals surface area contributed by atoms with Crippen molar-refractivity contribution in [2.45, 2.75) is 19.8 Å². The molecule has 0 bridgehead atoms. The molecule has 0 atom stereocenters. The van der Waals surface area contributed by atoms with Gasteiger partial charge >= 0.3 is 0 Å². The van der Waals surface area contributed by atoms with E-state index in [1.54, 1.807) is 17.7 Å². The van der Waals surface area contributed by atoms with Crippen LogP contribution >= 0.6 is 11.3 Å². The second kappa shape index (κ2) is 5.97. The first-order valence-corrected chi connectivity index (χ1v) is 7.25. The lowest BCUT2D eigenvalue weighted by Crippen LogP contribution is -2.24. The molecule has 0 aliphatic rings. The highest BCUT2D eigenvalue weighted by atomic mass is 32.1. The van der Waals surface area contributed by atoms with E-state index in [9.17, 15) is 0 Å². The zero-order chi connectivity index (χ0) is 13.8. The highest BCUT2D eigenvalue weighted by Crippen LogP contribution is 2.34. The van der Waals surface area contributed by atoms with Crippen molar-refractivity contribution >= 4 is 27.4 Å². The standard InChI is InChI=1S/C15H19N3S/c1-5-7-18(8-6-2)15-14-13(16-10-17-15)12(9-19-14)11(3)4/h5-6,9-11H,1-2,7-8H2,3-4H3. The largest absolute Gasteiger partial charge is 0.348 e. The molecule has 0 radical (unpaired) electrons. The predicted molar refractivity (Wildman–Crippen MR) is 84.1 cm³/mol. The first-order valence-electron chi connectivity index (χ1n) is 6.37. The van der Waals surface area contributed by atoms with E-state index in [0.29, 0.717) is 5.92 Å². The number of anilines is 1. The lowest BCUT2D eigenvalue weighted by atomic mass is 10.1. The van der Waals surface area contributed by atoms with Crippen LogP contribution in [0.4, 0.5) is 5.82 Å². The Hall–Kier alpha value is -1.68. The van der Waals surface area contributed by atoms with Crippen molar-refractivity contribution in [2.24, 2.45) is 0 Å². The van der Waals surface area contributed by atoms with E-state index in [-0.39, 0.29) is 0 Å². The number of hydrogen-bond acceptors (Lipinski definition) is 4. The quantitative estimate of drug-likeness (QED) is 0.745.